The minimum absolute atomic E-state index is 0.0717. The molecule has 0 N–H and O–H groups in total. The minimum atomic E-state index is -0.773. The van der Waals surface area contributed by atoms with Crippen molar-refractivity contribution in [2.75, 3.05) is 13.2 Å². The molecule has 70 heavy (non-hydrogen) atoms. The van der Waals surface area contributed by atoms with Gasteiger partial charge in [-0.1, -0.05) is 308 Å². The molecule has 0 aromatic heterocycles. The van der Waals surface area contributed by atoms with Crippen LogP contribution in [0.15, 0.2) is 24.3 Å². The van der Waals surface area contributed by atoms with Gasteiger partial charge >= 0.3 is 17.9 Å². The van der Waals surface area contributed by atoms with Gasteiger partial charge < -0.3 is 14.2 Å². The van der Waals surface area contributed by atoms with Crippen LogP contribution in [0.1, 0.15) is 348 Å². The van der Waals surface area contributed by atoms with Crippen LogP contribution in [0.25, 0.3) is 0 Å². The van der Waals surface area contributed by atoms with Crippen molar-refractivity contribution in [3.8, 4) is 0 Å². The predicted molar refractivity (Wildman–Crippen MR) is 303 cm³/mol. The van der Waals surface area contributed by atoms with Crippen molar-refractivity contribution in [2.45, 2.75) is 354 Å². The molecule has 0 bridgehead atoms. The van der Waals surface area contributed by atoms with Crippen molar-refractivity contribution in [3.05, 3.63) is 24.3 Å². The van der Waals surface area contributed by atoms with Gasteiger partial charge in [-0.25, -0.2) is 0 Å². The molecule has 0 radical (unpaired) electrons. The lowest BCUT2D eigenvalue weighted by atomic mass is 10.0. The smallest absolute Gasteiger partial charge is 0.306 e. The van der Waals surface area contributed by atoms with Crippen LogP contribution in [0.2, 0.25) is 0 Å². The molecule has 0 fully saturated rings. The average molecular weight is 986 g/mol. The van der Waals surface area contributed by atoms with Crippen molar-refractivity contribution in [3.63, 3.8) is 0 Å². The van der Waals surface area contributed by atoms with Crippen LogP contribution in [-0.2, 0) is 28.6 Å². The quantitative estimate of drug-likeness (QED) is 0.0261. The third-order valence-corrected chi connectivity index (χ3v) is 14.2. The first kappa shape index (κ1) is 67.9. The van der Waals surface area contributed by atoms with Crippen LogP contribution >= 0.6 is 0 Å². The Balaban J connectivity index is 4.09. The van der Waals surface area contributed by atoms with Crippen LogP contribution in [-0.4, -0.2) is 37.2 Å². The van der Waals surface area contributed by atoms with Gasteiger partial charge in [0.15, 0.2) is 6.10 Å². The Labute approximate surface area is 436 Å². The van der Waals surface area contributed by atoms with Crippen molar-refractivity contribution in [1.29, 1.82) is 0 Å². The molecule has 0 rings (SSSR count). The molecule has 412 valence electrons. The molecule has 6 nitrogen and oxygen atoms in total. The average Bonchev–Trinajstić information content (AvgIpc) is 3.36. The fraction of sp³-hybridized carbons (Fsp3) is 0.891. The van der Waals surface area contributed by atoms with Crippen molar-refractivity contribution < 1.29 is 28.6 Å². The summed E-state index contributed by atoms with van der Waals surface area (Å²) in [5.41, 5.74) is 0. The first-order valence-electron chi connectivity index (χ1n) is 31.3. The number of allylic oxidation sites excluding steroid dienone is 4. The van der Waals surface area contributed by atoms with Gasteiger partial charge in [0.2, 0.25) is 0 Å². The van der Waals surface area contributed by atoms with E-state index >= 15 is 0 Å². The number of hydrogen-bond donors (Lipinski definition) is 0. The Hall–Kier alpha value is -2.11. The zero-order valence-corrected chi connectivity index (χ0v) is 47.3. The monoisotopic (exact) mass is 985 g/mol. The lowest BCUT2D eigenvalue weighted by Gasteiger charge is -2.18. The van der Waals surface area contributed by atoms with E-state index in [1.807, 2.05) is 0 Å². The van der Waals surface area contributed by atoms with Crippen molar-refractivity contribution in [1.82, 2.24) is 0 Å². The van der Waals surface area contributed by atoms with E-state index < -0.39 is 6.10 Å². The van der Waals surface area contributed by atoms with Crippen LogP contribution in [0.3, 0.4) is 0 Å². The minimum Gasteiger partial charge on any atom is -0.462 e. The number of carbonyl (C=O) groups excluding carboxylic acids is 3. The largest absolute Gasteiger partial charge is 0.462 e. The Morgan fingerprint density at radius 1 is 0.286 bits per heavy atom. The zero-order chi connectivity index (χ0) is 50.7. The second-order valence-corrected chi connectivity index (χ2v) is 21.3. The van der Waals surface area contributed by atoms with E-state index in [2.05, 4.69) is 45.1 Å². The molecule has 0 aliphatic heterocycles. The molecule has 0 spiro atoms. The molecule has 0 saturated carbocycles. The Bertz CT molecular complexity index is 1130. The van der Waals surface area contributed by atoms with Crippen LogP contribution in [0.4, 0.5) is 0 Å². The van der Waals surface area contributed by atoms with Gasteiger partial charge in [-0.2, -0.15) is 0 Å². The summed E-state index contributed by atoms with van der Waals surface area (Å²) in [4.78, 5) is 38.1. The normalized spacial score (nSPS) is 12.1. The first-order valence-corrected chi connectivity index (χ1v) is 31.3. The fourth-order valence-electron chi connectivity index (χ4n) is 9.48. The molecule has 0 aromatic rings. The van der Waals surface area contributed by atoms with E-state index in [4.69, 9.17) is 14.2 Å². The van der Waals surface area contributed by atoms with Crippen molar-refractivity contribution >= 4 is 17.9 Å². The highest BCUT2D eigenvalue weighted by molar-refractivity contribution is 5.71. The van der Waals surface area contributed by atoms with Gasteiger partial charge in [0.25, 0.3) is 0 Å². The van der Waals surface area contributed by atoms with E-state index in [1.54, 1.807) is 0 Å². The molecule has 0 aliphatic carbocycles. The lowest BCUT2D eigenvalue weighted by molar-refractivity contribution is -0.167. The topological polar surface area (TPSA) is 78.9 Å². The summed E-state index contributed by atoms with van der Waals surface area (Å²) in [5.74, 6) is -0.866. The Morgan fingerprint density at radius 2 is 0.543 bits per heavy atom. The number of carbonyl (C=O) groups is 3. The van der Waals surface area contributed by atoms with E-state index in [0.29, 0.717) is 19.3 Å². The zero-order valence-electron chi connectivity index (χ0n) is 47.3. The lowest BCUT2D eigenvalue weighted by Crippen LogP contribution is -2.30. The van der Waals surface area contributed by atoms with Crippen LogP contribution in [0, 0.1) is 0 Å². The third-order valence-electron chi connectivity index (χ3n) is 14.2. The summed E-state index contributed by atoms with van der Waals surface area (Å²) in [6, 6.07) is 0. The maximum atomic E-state index is 12.8. The maximum Gasteiger partial charge on any atom is 0.306 e. The highest BCUT2D eigenvalue weighted by Gasteiger charge is 2.19. The maximum absolute atomic E-state index is 12.8. The fourth-order valence-corrected chi connectivity index (χ4v) is 9.48. The highest BCUT2D eigenvalue weighted by Crippen LogP contribution is 2.18. The van der Waals surface area contributed by atoms with Crippen molar-refractivity contribution in [2.24, 2.45) is 0 Å². The summed E-state index contributed by atoms with van der Waals surface area (Å²) < 4.78 is 16.9. The van der Waals surface area contributed by atoms with E-state index in [1.165, 1.54) is 218 Å². The summed E-state index contributed by atoms with van der Waals surface area (Å²) >= 11 is 0. The molecule has 0 aliphatic rings. The van der Waals surface area contributed by atoms with Gasteiger partial charge in [-0.15, -0.1) is 0 Å². The molecule has 1 unspecified atom stereocenters. The number of unbranched alkanes of at least 4 members (excludes halogenated alkanes) is 43. The molecule has 0 saturated heterocycles. The Morgan fingerprint density at radius 3 is 0.843 bits per heavy atom. The first-order chi connectivity index (χ1) is 34.5. The van der Waals surface area contributed by atoms with E-state index in [0.717, 1.165) is 89.9 Å². The number of hydrogen-bond acceptors (Lipinski definition) is 6. The molecule has 6 heteroatoms. The third kappa shape index (κ3) is 56.8. The van der Waals surface area contributed by atoms with Gasteiger partial charge in [0.05, 0.1) is 0 Å². The van der Waals surface area contributed by atoms with Gasteiger partial charge in [-0.05, 0) is 44.9 Å². The molecule has 0 heterocycles. The van der Waals surface area contributed by atoms with Crippen LogP contribution in [0.5, 0.6) is 0 Å². The second-order valence-electron chi connectivity index (χ2n) is 21.3. The number of rotatable bonds is 58. The van der Waals surface area contributed by atoms with Crippen LogP contribution < -0.4 is 0 Å². The second kappa shape index (κ2) is 59.5. The van der Waals surface area contributed by atoms with E-state index in [9.17, 15) is 14.4 Å². The number of ether oxygens (including phenoxy) is 3. The van der Waals surface area contributed by atoms with Gasteiger partial charge in [-0.3, -0.25) is 14.4 Å². The molecular formula is C64H120O6. The highest BCUT2D eigenvalue weighted by atomic mass is 16.6. The van der Waals surface area contributed by atoms with Gasteiger partial charge in [0, 0.05) is 19.3 Å². The predicted octanol–water partition coefficient (Wildman–Crippen LogP) is 21.1. The molecular weight excluding hydrogens is 865 g/mol. The molecule has 0 aromatic carbocycles. The molecule has 0 amide bonds. The number of esters is 3. The SMILES string of the molecule is CCC/C=C\C/C=C\CCCCCCCC(=O)OC(COC(=O)CCCCCCCCCCCCC)COC(=O)CCCCCCCCCCCCCCCCCCCCCCCCCCCCCC. The summed E-state index contributed by atoms with van der Waals surface area (Å²) in [6.45, 7) is 6.61. The molecule has 1 atom stereocenters. The standard InChI is InChI=1S/C64H120O6/c1-4-7-10-13-16-19-22-24-25-26-27-28-29-30-31-32-33-34-35-36-37-38-40-42-45-48-51-54-57-63(66)69-60-61(59-68-62(65)56-53-50-47-44-41-21-18-15-12-9-6-3)70-64(67)58-55-52-49-46-43-39-23-20-17-14-11-8-5-2/h11,14,20,23,61H,4-10,12-13,15-19,21-22,24-60H2,1-3H3/b14-11-,23-20-. The Kier molecular flexibility index (Phi) is 57.7. The summed E-state index contributed by atoms with van der Waals surface area (Å²) in [7, 11) is 0. The van der Waals surface area contributed by atoms with E-state index in [-0.39, 0.29) is 31.1 Å². The summed E-state index contributed by atoms with van der Waals surface area (Å²) in [6.07, 6.45) is 70.6. The van der Waals surface area contributed by atoms with Gasteiger partial charge in [0.1, 0.15) is 13.2 Å². The summed E-state index contributed by atoms with van der Waals surface area (Å²) in [5, 5.41) is 0.